The normalized spacial score (nSPS) is 17.1. The molecule has 1 aliphatic carbocycles. The van der Waals surface area contributed by atoms with Crippen molar-refractivity contribution in [1.29, 1.82) is 0 Å². The molecule has 0 aromatic carbocycles. The summed E-state index contributed by atoms with van der Waals surface area (Å²) in [6, 6.07) is 1.96. The third-order valence-corrected chi connectivity index (χ3v) is 5.01. The lowest BCUT2D eigenvalue weighted by Crippen LogP contribution is -2.16. The fraction of sp³-hybridized carbons (Fsp3) is 0.538. The molecule has 104 valence electrons. The van der Waals surface area contributed by atoms with Gasteiger partial charge in [0.1, 0.15) is 5.01 Å². The zero-order valence-corrected chi connectivity index (χ0v) is 12.3. The second-order valence-corrected chi connectivity index (χ2v) is 6.75. The minimum atomic E-state index is 0.158. The first-order chi connectivity index (χ1) is 9.68. The zero-order chi connectivity index (χ0) is 13.7. The maximum absolute atomic E-state index is 4.78. The van der Waals surface area contributed by atoms with Crippen LogP contribution in [0, 0.1) is 0 Å². The van der Waals surface area contributed by atoms with E-state index >= 15 is 0 Å². The minimum absolute atomic E-state index is 0.158. The summed E-state index contributed by atoms with van der Waals surface area (Å²) in [5, 5.41) is 18.7. The molecule has 0 bridgehead atoms. The van der Waals surface area contributed by atoms with Crippen molar-refractivity contribution in [2.45, 2.75) is 44.6 Å². The average molecular weight is 288 g/mol. The number of nitrogens with zero attached hydrogens (tertiary/aromatic N) is 6. The highest BCUT2D eigenvalue weighted by atomic mass is 32.1. The van der Waals surface area contributed by atoms with Crippen LogP contribution in [0.5, 0.6) is 0 Å². The van der Waals surface area contributed by atoms with Gasteiger partial charge in [-0.2, -0.15) is 14.7 Å². The molecule has 1 saturated carbocycles. The van der Waals surface area contributed by atoms with E-state index in [1.807, 2.05) is 27.7 Å². The summed E-state index contributed by atoms with van der Waals surface area (Å²) in [6.07, 6.45) is 6.19. The molecule has 0 atom stereocenters. The molecule has 3 heterocycles. The number of fused-ring (bicyclic) bond motifs is 1. The van der Waals surface area contributed by atoms with E-state index < -0.39 is 0 Å². The summed E-state index contributed by atoms with van der Waals surface area (Å²) < 4.78 is 3.91. The van der Waals surface area contributed by atoms with Gasteiger partial charge in [-0.3, -0.25) is 4.68 Å². The van der Waals surface area contributed by atoms with Crippen LogP contribution in [0.2, 0.25) is 0 Å². The van der Waals surface area contributed by atoms with Gasteiger partial charge < -0.3 is 0 Å². The molecule has 0 amide bonds. The molecule has 0 saturated heterocycles. The van der Waals surface area contributed by atoms with E-state index in [2.05, 4.69) is 29.1 Å². The Balaban J connectivity index is 1.71. The predicted octanol–water partition coefficient (Wildman–Crippen LogP) is 2.24. The number of hydrogen-bond donors (Lipinski definition) is 0. The Bertz CT molecular complexity index is 734. The molecule has 20 heavy (non-hydrogen) atoms. The van der Waals surface area contributed by atoms with Gasteiger partial charge in [0, 0.05) is 23.7 Å². The van der Waals surface area contributed by atoms with E-state index in [0.717, 1.165) is 17.3 Å². The molecule has 0 unspecified atom stereocenters. The second-order valence-electron chi connectivity index (χ2n) is 5.80. The van der Waals surface area contributed by atoms with Gasteiger partial charge in [0.2, 0.25) is 4.96 Å². The molecule has 6 nitrogen and oxygen atoms in total. The SMILES string of the molecule is CC(C)c1nnc2sc(C3(Cn4cccn4)CC3)nn12. The summed E-state index contributed by atoms with van der Waals surface area (Å²) in [4.78, 5) is 0.899. The second kappa shape index (κ2) is 4.12. The van der Waals surface area contributed by atoms with E-state index in [4.69, 9.17) is 5.10 Å². The lowest BCUT2D eigenvalue weighted by atomic mass is 10.1. The van der Waals surface area contributed by atoms with Crippen LogP contribution in [0.1, 0.15) is 43.4 Å². The summed E-state index contributed by atoms with van der Waals surface area (Å²) in [6.45, 7) is 5.14. The Morgan fingerprint density at radius 2 is 2.20 bits per heavy atom. The third-order valence-electron chi connectivity index (χ3n) is 3.86. The van der Waals surface area contributed by atoms with Crippen molar-refractivity contribution in [3.05, 3.63) is 29.3 Å². The van der Waals surface area contributed by atoms with E-state index in [9.17, 15) is 0 Å². The molecule has 4 rings (SSSR count). The van der Waals surface area contributed by atoms with Gasteiger partial charge in [-0.05, 0) is 18.9 Å². The van der Waals surface area contributed by atoms with Crippen molar-refractivity contribution in [2.24, 2.45) is 0 Å². The van der Waals surface area contributed by atoms with Crippen LogP contribution in [0.4, 0.5) is 0 Å². The first-order valence-corrected chi connectivity index (χ1v) is 7.70. The van der Waals surface area contributed by atoms with Crippen molar-refractivity contribution in [3.63, 3.8) is 0 Å². The quantitative estimate of drug-likeness (QED) is 0.738. The van der Waals surface area contributed by atoms with Gasteiger partial charge in [0.25, 0.3) is 0 Å². The largest absolute Gasteiger partial charge is 0.272 e. The fourth-order valence-electron chi connectivity index (χ4n) is 2.50. The van der Waals surface area contributed by atoms with Crippen molar-refractivity contribution < 1.29 is 0 Å². The topological polar surface area (TPSA) is 60.9 Å². The summed E-state index contributed by atoms with van der Waals surface area (Å²) in [7, 11) is 0. The Hall–Kier alpha value is -1.76. The summed E-state index contributed by atoms with van der Waals surface area (Å²) >= 11 is 1.66. The molecule has 3 aromatic heterocycles. The Kier molecular flexibility index (Phi) is 2.47. The predicted molar refractivity (Wildman–Crippen MR) is 75.9 cm³/mol. The molecule has 0 aliphatic heterocycles. The van der Waals surface area contributed by atoms with Gasteiger partial charge in [-0.25, -0.2) is 0 Å². The monoisotopic (exact) mass is 288 g/mol. The standard InChI is InChI=1S/C13H16N6S/c1-9(2)10-15-16-12-19(10)17-11(20-12)13(4-5-13)8-18-7-3-6-14-18/h3,6-7,9H,4-5,8H2,1-2H3. The first-order valence-electron chi connectivity index (χ1n) is 6.88. The van der Waals surface area contributed by atoms with Crippen LogP contribution in [-0.4, -0.2) is 29.6 Å². The van der Waals surface area contributed by atoms with E-state index in [1.165, 1.54) is 17.8 Å². The van der Waals surface area contributed by atoms with Crippen LogP contribution < -0.4 is 0 Å². The molecular weight excluding hydrogens is 272 g/mol. The molecule has 1 fully saturated rings. The first kappa shape index (κ1) is 12.0. The summed E-state index contributed by atoms with van der Waals surface area (Å²) in [5.41, 5.74) is 0.158. The van der Waals surface area contributed by atoms with Crippen molar-refractivity contribution in [3.8, 4) is 0 Å². The number of hydrogen-bond acceptors (Lipinski definition) is 5. The maximum atomic E-state index is 4.78. The van der Waals surface area contributed by atoms with E-state index in [1.54, 1.807) is 11.3 Å². The molecule has 0 N–H and O–H groups in total. The van der Waals surface area contributed by atoms with Crippen molar-refractivity contribution >= 4 is 16.3 Å². The Morgan fingerprint density at radius 1 is 1.35 bits per heavy atom. The highest BCUT2D eigenvalue weighted by Gasteiger charge is 2.48. The molecule has 0 spiro atoms. The highest BCUT2D eigenvalue weighted by molar-refractivity contribution is 7.16. The van der Waals surface area contributed by atoms with Gasteiger partial charge in [-0.1, -0.05) is 25.2 Å². The molecule has 7 heteroatoms. The molecule has 0 radical (unpaired) electrons. The van der Waals surface area contributed by atoms with E-state index in [0.29, 0.717) is 5.92 Å². The lowest BCUT2D eigenvalue weighted by molar-refractivity contribution is 0.495. The molecule has 1 aliphatic rings. The highest BCUT2D eigenvalue weighted by Crippen LogP contribution is 2.50. The molecule has 3 aromatic rings. The summed E-state index contributed by atoms with van der Waals surface area (Å²) in [5.74, 6) is 1.28. The third kappa shape index (κ3) is 1.76. The number of aromatic nitrogens is 6. The van der Waals surface area contributed by atoms with Crippen molar-refractivity contribution in [2.75, 3.05) is 0 Å². The van der Waals surface area contributed by atoms with Crippen LogP contribution in [0.25, 0.3) is 4.96 Å². The van der Waals surface area contributed by atoms with Crippen LogP contribution in [0.15, 0.2) is 18.5 Å². The van der Waals surface area contributed by atoms with E-state index in [-0.39, 0.29) is 5.41 Å². The van der Waals surface area contributed by atoms with Crippen LogP contribution in [0.3, 0.4) is 0 Å². The van der Waals surface area contributed by atoms with Gasteiger partial charge in [-0.15, -0.1) is 10.2 Å². The smallest absolute Gasteiger partial charge is 0.234 e. The number of rotatable bonds is 4. The minimum Gasteiger partial charge on any atom is -0.272 e. The van der Waals surface area contributed by atoms with Crippen LogP contribution in [-0.2, 0) is 12.0 Å². The van der Waals surface area contributed by atoms with Gasteiger partial charge in [0.15, 0.2) is 5.82 Å². The Labute approximate surface area is 120 Å². The average Bonchev–Trinajstić information content (AvgIpc) is 2.83. The molecular formula is C13H16N6S. The van der Waals surface area contributed by atoms with Crippen LogP contribution >= 0.6 is 11.3 Å². The van der Waals surface area contributed by atoms with Crippen molar-refractivity contribution in [1.82, 2.24) is 29.6 Å². The Morgan fingerprint density at radius 3 is 2.85 bits per heavy atom. The zero-order valence-electron chi connectivity index (χ0n) is 11.5. The fourth-order valence-corrected chi connectivity index (χ4v) is 3.58. The van der Waals surface area contributed by atoms with Gasteiger partial charge in [0.05, 0.1) is 6.54 Å². The lowest BCUT2D eigenvalue weighted by Gasteiger charge is -2.11. The van der Waals surface area contributed by atoms with Gasteiger partial charge >= 0.3 is 0 Å². The maximum Gasteiger partial charge on any atom is 0.234 e.